The number of anilines is 1. The largest absolute Gasteiger partial charge is 0.469 e. The van der Waals surface area contributed by atoms with Crippen LogP contribution in [0, 0.1) is 5.92 Å². The van der Waals surface area contributed by atoms with E-state index in [1.165, 1.54) is 12.7 Å². The molecule has 0 radical (unpaired) electrons. The lowest BCUT2D eigenvalue weighted by Gasteiger charge is -2.17. The molecule has 1 fully saturated rings. The van der Waals surface area contributed by atoms with Crippen LogP contribution in [0.1, 0.15) is 25.3 Å². The maximum absolute atomic E-state index is 12.2. The summed E-state index contributed by atoms with van der Waals surface area (Å²) in [7, 11) is 1.33. The van der Waals surface area contributed by atoms with Crippen molar-refractivity contribution in [2.45, 2.75) is 25.8 Å². The summed E-state index contributed by atoms with van der Waals surface area (Å²) >= 11 is 0. The molecule has 0 aliphatic carbocycles. The zero-order valence-electron chi connectivity index (χ0n) is 13.2. The molecule has 2 atom stereocenters. The first-order valence-corrected chi connectivity index (χ1v) is 7.41. The van der Waals surface area contributed by atoms with Gasteiger partial charge in [0.25, 0.3) is 0 Å². The number of hydrogen-bond acceptors (Lipinski definition) is 4. The highest BCUT2D eigenvalue weighted by molar-refractivity contribution is 5.90. The van der Waals surface area contributed by atoms with E-state index in [9.17, 15) is 9.59 Å². The van der Waals surface area contributed by atoms with Gasteiger partial charge in [-0.1, -0.05) is 26.0 Å². The standard InChI is InChI=1S/C16H23N3O3/c1-10(2)11-4-6-12(7-5-11)18-16(21)19-8-13(14(17)9-19)15(20)22-3/h4-7,10,13-14H,8-9,17H2,1-3H3,(H,18,21). The summed E-state index contributed by atoms with van der Waals surface area (Å²) in [5, 5.41) is 2.83. The minimum Gasteiger partial charge on any atom is -0.469 e. The van der Waals surface area contributed by atoms with Gasteiger partial charge in [0, 0.05) is 24.8 Å². The number of rotatable bonds is 3. The second-order valence-corrected chi connectivity index (χ2v) is 5.91. The van der Waals surface area contributed by atoms with Crippen molar-refractivity contribution >= 4 is 17.7 Å². The minimum atomic E-state index is -0.459. The van der Waals surface area contributed by atoms with E-state index in [2.05, 4.69) is 19.2 Å². The lowest BCUT2D eigenvalue weighted by molar-refractivity contribution is -0.145. The third-order valence-electron chi connectivity index (χ3n) is 3.98. The van der Waals surface area contributed by atoms with E-state index in [1.54, 1.807) is 4.90 Å². The Morgan fingerprint density at radius 1 is 1.27 bits per heavy atom. The number of nitrogens with one attached hydrogen (secondary N) is 1. The van der Waals surface area contributed by atoms with E-state index >= 15 is 0 Å². The predicted molar refractivity (Wildman–Crippen MR) is 84.6 cm³/mol. The molecule has 22 heavy (non-hydrogen) atoms. The van der Waals surface area contributed by atoms with Gasteiger partial charge in [0.15, 0.2) is 0 Å². The molecular formula is C16H23N3O3. The molecule has 1 saturated heterocycles. The Bertz CT molecular complexity index is 542. The van der Waals surface area contributed by atoms with Crippen LogP contribution in [-0.4, -0.2) is 43.1 Å². The highest BCUT2D eigenvalue weighted by Gasteiger charge is 2.38. The lowest BCUT2D eigenvalue weighted by Crippen LogP contribution is -2.35. The van der Waals surface area contributed by atoms with Gasteiger partial charge in [-0.3, -0.25) is 4.79 Å². The number of amides is 2. The van der Waals surface area contributed by atoms with Crippen molar-refractivity contribution in [3.63, 3.8) is 0 Å². The zero-order chi connectivity index (χ0) is 16.3. The Morgan fingerprint density at radius 3 is 2.45 bits per heavy atom. The molecule has 120 valence electrons. The summed E-state index contributed by atoms with van der Waals surface area (Å²) in [5.41, 5.74) is 7.85. The molecule has 1 heterocycles. The average Bonchev–Trinajstić information content (AvgIpc) is 2.89. The van der Waals surface area contributed by atoms with Crippen molar-refractivity contribution in [3.05, 3.63) is 29.8 Å². The summed E-state index contributed by atoms with van der Waals surface area (Å²) in [4.78, 5) is 25.4. The number of hydrogen-bond donors (Lipinski definition) is 2. The number of ether oxygens (including phenoxy) is 1. The van der Waals surface area contributed by atoms with E-state index in [0.29, 0.717) is 12.5 Å². The van der Waals surface area contributed by atoms with E-state index in [4.69, 9.17) is 10.5 Å². The molecule has 0 spiro atoms. The third kappa shape index (κ3) is 3.57. The fraction of sp³-hybridized carbons (Fsp3) is 0.500. The van der Waals surface area contributed by atoms with Crippen LogP contribution in [0.25, 0.3) is 0 Å². The van der Waals surface area contributed by atoms with E-state index in [0.717, 1.165) is 5.69 Å². The van der Waals surface area contributed by atoms with Gasteiger partial charge in [-0.05, 0) is 23.6 Å². The SMILES string of the molecule is COC(=O)C1CN(C(=O)Nc2ccc(C(C)C)cc2)CC1N. The molecule has 0 aromatic heterocycles. The number of esters is 1. The number of urea groups is 1. The smallest absolute Gasteiger partial charge is 0.321 e. The van der Waals surface area contributed by atoms with Gasteiger partial charge in [0.1, 0.15) is 0 Å². The van der Waals surface area contributed by atoms with E-state index in [1.807, 2.05) is 24.3 Å². The van der Waals surface area contributed by atoms with Crippen LogP contribution < -0.4 is 11.1 Å². The molecule has 1 aliphatic heterocycles. The molecule has 6 nitrogen and oxygen atoms in total. The summed E-state index contributed by atoms with van der Waals surface area (Å²) < 4.78 is 4.71. The maximum Gasteiger partial charge on any atom is 0.321 e. The number of carbonyl (C=O) groups excluding carboxylic acids is 2. The van der Waals surface area contributed by atoms with Crippen molar-refractivity contribution in [3.8, 4) is 0 Å². The van der Waals surface area contributed by atoms with Crippen molar-refractivity contribution in [2.75, 3.05) is 25.5 Å². The monoisotopic (exact) mass is 305 g/mol. The van der Waals surface area contributed by atoms with Crippen LogP contribution in [0.3, 0.4) is 0 Å². The first-order chi connectivity index (χ1) is 10.4. The summed E-state index contributed by atoms with van der Waals surface area (Å²) in [6, 6.07) is 7.10. The Hall–Kier alpha value is -2.08. The fourth-order valence-electron chi connectivity index (χ4n) is 2.55. The Balaban J connectivity index is 1.97. The molecule has 0 bridgehead atoms. The topological polar surface area (TPSA) is 84.7 Å². The number of nitrogens with zero attached hydrogens (tertiary/aromatic N) is 1. The molecule has 1 aromatic rings. The van der Waals surface area contributed by atoms with Gasteiger partial charge in [0.2, 0.25) is 0 Å². The van der Waals surface area contributed by atoms with Crippen molar-refractivity contribution in [1.82, 2.24) is 4.90 Å². The van der Waals surface area contributed by atoms with Crippen LogP contribution in [0.15, 0.2) is 24.3 Å². The van der Waals surface area contributed by atoms with Crippen LogP contribution in [0.4, 0.5) is 10.5 Å². The van der Waals surface area contributed by atoms with Crippen LogP contribution in [0.5, 0.6) is 0 Å². The predicted octanol–water partition coefficient (Wildman–Crippen LogP) is 1.77. The number of likely N-dealkylation sites (tertiary alicyclic amines) is 1. The molecule has 1 aliphatic rings. The lowest BCUT2D eigenvalue weighted by atomic mass is 10.0. The van der Waals surface area contributed by atoms with Crippen molar-refractivity contribution < 1.29 is 14.3 Å². The second-order valence-electron chi connectivity index (χ2n) is 5.91. The van der Waals surface area contributed by atoms with Gasteiger partial charge in [-0.2, -0.15) is 0 Å². The first kappa shape index (κ1) is 16.3. The fourth-order valence-corrected chi connectivity index (χ4v) is 2.55. The first-order valence-electron chi connectivity index (χ1n) is 7.41. The van der Waals surface area contributed by atoms with E-state index in [-0.39, 0.29) is 24.6 Å². The average molecular weight is 305 g/mol. The molecule has 2 rings (SSSR count). The Labute approximate surface area is 130 Å². The number of carbonyl (C=O) groups is 2. The summed E-state index contributed by atoms with van der Waals surface area (Å²) in [6.45, 7) is 4.86. The van der Waals surface area contributed by atoms with Gasteiger partial charge in [0.05, 0.1) is 13.0 Å². The summed E-state index contributed by atoms with van der Waals surface area (Å²) in [6.07, 6.45) is 0. The Kier molecular flexibility index (Phi) is 5.03. The molecular weight excluding hydrogens is 282 g/mol. The van der Waals surface area contributed by atoms with Gasteiger partial charge >= 0.3 is 12.0 Å². The molecule has 1 aromatic carbocycles. The number of methoxy groups -OCH3 is 1. The quantitative estimate of drug-likeness (QED) is 0.834. The third-order valence-corrected chi connectivity index (χ3v) is 3.98. The minimum absolute atomic E-state index is 0.251. The van der Waals surface area contributed by atoms with Gasteiger partial charge < -0.3 is 20.7 Å². The van der Waals surface area contributed by atoms with Crippen LogP contribution in [0.2, 0.25) is 0 Å². The highest BCUT2D eigenvalue weighted by Crippen LogP contribution is 2.20. The Morgan fingerprint density at radius 2 is 1.91 bits per heavy atom. The van der Waals surface area contributed by atoms with Gasteiger partial charge in [-0.15, -0.1) is 0 Å². The van der Waals surface area contributed by atoms with E-state index < -0.39 is 5.92 Å². The zero-order valence-corrected chi connectivity index (χ0v) is 13.2. The number of benzene rings is 1. The second kappa shape index (κ2) is 6.79. The molecule has 6 heteroatoms. The van der Waals surface area contributed by atoms with Crippen LogP contribution in [-0.2, 0) is 9.53 Å². The molecule has 3 N–H and O–H groups in total. The maximum atomic E-state index is 12.2. The van der Waals surface area contributed by atoms with Crippen molar-refractivity contribution in [2.24, 2.45) is 11.7 Å². The normalized spacial score (nSPS) is 21.0. The summed E-state index contributed by atoms with van der Waals surface area (Å²) in [5.74, 6) is -0.384. The molecule has 0 saturated carbocycles. The van der Waals surface area contributed by atoms with Crippen LogP contribution >= 0.6 is 0 Å². The highest BCUT2D eigenvalue weighted by atomic mass is 16.5. The van der Waals surface area contributed by atoms with Crippen molar-refractivity contribution in [1.29, 1.82) is 0 Å². The molecule has 2 amide bonds. The van der Waals surface area contributed by atoms with Gasteiger partial charge in [-0.25, -0.2) is 4.79 Å². The number of nitrogens with two attached hydrogens (primary N) is 1. The molecule has 2 unspecified atom stereocenters.